The normalized spacial score (nSPS) is 27.8. The number of amides is 1. The van der Waals surface area contributed by atoms with E-state index in [2.05, 4.69) is 0 Å². The predicted octanol–water partition coefficient (Wildman–Crippen LogP) is 1.84. The molecule has 2 unspecified atom stereocenters. The van der Waals surface area contributed by atoms with E-state index in [9.17, 15) is 13.2 Å². The van der Waals surface area contributed by atoms with Gasteiger partial charge in [0.1, 0.15) is 6.04 Å². The topological polar surface area (TPSA) is 76.2 Å². The molecule has 2 atom stereocenters. The van der Waals surface area contributed by atoms with Gasteiger partial charge in [-0.15, -0.1) is 0 Å². The summed E-state index contributed by atoms with van der Waals surface area (Å²) in [5.41, 5.74) is 0. The fourth-order valence-corrected chi connectivity index (χ4v) is 6.13. The maximum Gasteiger partial charge on any atom is 0.243 e. The van der Waals surface area contributed by atoms with Crippen molar-refractivity contribution in [2.75, 3.05) is 32.8 Å². The quantitative estimate of drug-likeness (QED) is 0.760. The van der Waals surface area contributed by atoms with Gasteiger partial charge >= 0.3 is 0 Å². The van der Waals surface area contributed by atoms with Crippen LogP contribution in [-0.4, -0.2) is 68.7 Å². The Kier molecular flexibility index (Phi) is 6.01. The average Bonchev–Trinajstić information content (AvgIpc) is 3.29. The molecule has 1 aromatic rings. The minimum absolute atomic E-state index is 0.0816. The zero-order valence-electron chi connectivity index (χ0n) is 16.0. The molecule has 0 saturated carbocycles. The Balaban J connectivity index is 1.51. The molecular weight excluding hydrogens is 380 g/mol. The number of ether oxygens (including phenoxy) is 2. The number of nitrogens with zero attached hydrogens (tertiary/aromatic N) is 2. The summed E-state index contributed by atoms with van der Waals surface area (Å²) in [5.74, 6) is 0.0740. The summed E-state index contributed by atoms with van der Waals surface area (Å²) in [5, 5.41) is 0. The van der Waals surface area contributed by atoms with E-state index in [1.165, 1.54) is 4.31 Å². The fourth-order valence-electron chi connectivity index (χ4n) is 4.46. The molecule has 0 aromatic heterocycles. The second kappa shape index (κ2) is 8.49. The van der Waals surface area contributed by atoms with E-state index in [4.69, 9.17) is 9.47 Å². The van der Waals surface area contributed by atoms with Crippen molar-refractivity contribution >= 4 is 15.9 Å². The van der Waals surface area contributed by atoms with Crippen LogP contribution in [0.5, 0.6) is 0 Å². The summed E-state index contributed by atoms with van der Waals surface area (Å²) in [7, 11) is -3.69. The maximum atomic E-state index is 13.3. The van der Waals surface area contributed by atoms with Crippen molar-refractivity contribution in [2.45, 2.75) is 49.3 Å². The smallest absolute Gasteiger partial charge is 0.243 e. The van der Waals surface area contributed by atoms with Crippen LogP contribution in [0.2, 0.25) is 0 Å². The number of rotatable bonds is 4. The fraction of sp³-hybridized carbons (Fsp3) is 0.650. The van der Waals surface area contributed by atoms with E-state index in [0.29, 0.717) is 39.3 Å². The minimum atomic E-state index is -3.69. The van der Waals surface area contributed by atoms with E-state index in [-0.39, 0.29) is 23.0 Å². The molecule has 0 radical (unpaired) electrons. The number of hydrogen-bond acceptors (Lipinski definition) is 5. The van der Waals surface area contributed by atoms with Crippen LogP contribution in [0.25, 0.3) is 0 Å². The monoisotopic (exact) mass is 408 g/mol. The van der Waals surface area contributed by atoms with Crippen molar-refractivity contribution in [2.24, 2.45) is 5.92 Å². The van der Waals surface area contributed by atoms with Gasteiger partial charge in [0, 0.05) is 25.6 Å². The zero-order valence-corrected chi connectivity index (χ0v) is 16.9. The minimum Gasteiger partial charge on any atom is -0.350 e. The Morgan fingerprint density at radius 1 is 0.964 bits per heavy atom. The van der Waals surface area contributed by atoms with Crippen LogP contribution in [0.3, 0.4) is 0 Å². The molecule has 1 amide bonds. The van der Waals surface area contributed by atoms with Gasteiger partial charge in [0.25, 0.3) is 0 Å². The molecule has 3 fully saturated rings. The highest BCUT2D eigenvalue weighted by Gasteiger charge is 2.41. The van der Waals surface area contributed by atoms with Crippen molar-refractivity contribution in [1.82, 2.24) is 9.21 Å². The van der Waals surface area contributed by atoms with Gasteiger partial charge in [0.05, 0.1) is 18.1 Å². The lowest BCUT2D eigenvalue weighted by molar-refractivity contribution is -0.143. The number of sulfonamides is 1. The third-order valence-corrected chi connectivity index (χ3v) is 7.81. The van der Waals surface area contributed by atoms with Gasteiger partial charge in [-0.2, -0.15) is 4.31 Å². The average molecular weight is 409 g/mol. The van der Waals surface area contributed by atoms with Gasteiger partial charge in [-0.3, -0.25) is 4.79 Å². The van der Waals surface area contributed by atoms with Gasteiger partial charge in [-0.05, 0) is 37.8 Å². The molecule has 0 N–H and O–H groups in total. The predicted molar refractivity (Wildman–Crippen MR) is 103 cm³/mol. The van der Waals surface area contributed by atoms with Gasteiger partial charge in [-0.1, -0.05) is 24.6 Å². The molecule has 1 aromatic carbocycles. The van der Waals surface area contributed by atoms with E-state index in [0.717, 1.165) is 25.7 Å². The SMILES string of the molecule is O=C(C1CCCCN1S(=O)(=O)c1ccccc1)N1CCCC(C2OCCO2)C1. The number of benzene rings is 1. The molecular formula is C20H28N2O5S. The number of carbonyl (C=O) groups excluding carboxylic acids is 1. The van der Waals surface area contributed by atoms with Crippen LogP contribution in [0.1, 0.15) is 32.1 Å². The molecule has 154 valence electrons. The summed E-state index contributed by atoms with van der Waals surface area (Å²) < 4.78 is 39.0. The van der Waals surface area contributed by atoms with Crippen LogP contribution in [0, 0.1) is 5.92 Å². The van der Waals surface area contributed by atoms with Crippen LogP contribution in [0.4, 0.5) is 0 Å². The lowest BCUT2D eigenvalue weighted by atomic mass is 9.95. The molecule has 3 aliphatic heterocycles. The van der Waals surface area contributed by atoms with Gasteiger partial charge < -0.3 is 14.4 Å². The lowest BCUT2D eigenvalue weighted by Gasteiger charge is -2.40. The van der Waals surface area contributed by atoms with Crippen LogP contribution in [0.15, 0.2) is 35.2 Å². The Hall–Kier alpha value is -1.48. The van der Waals surface area contributed by atoms with Crippen molar-refractivity contribution in [3.8, 4) is 0 Å². The first kappa shape index (κ1) is 19.8. The second-order valence-electron chi connectivity index (χ2n) is 7.74. The van der Waals surface area contributed by atoms with Crippen LogP contribution < -0.4 is 0 Å². The largest absolute Gasteiger partial charge is 0.350 e. The van der Waals surface area contributed by atoms with E-state index >= 15 is 0 Å². The second-order valence-corrected chi connectivity index (χ2v) is 9.63. The Morgan fingerprint density at radius 3 is 2.46 bits per heavy atom. The molecule has 3 aliphatic rings. The third kappa shape index (κ3) is 3.96. The first-order valence-electron chi connectivity index (χ1n) is 10.2. The van der Waals surface area contributed by atoms with Crippen LogP contribution in [-0.2, 0) is 24.3 Å². The van der Waals surface area contributed by atoms with Crippen molar-refractivity contribution in [3.63, 3.8) is 0 Å². The zero-order chi connectivity index (χ0) is 19.6. The molecule has 8 heteroatoms. The third-order valence-electron chi connectivity index (χ3n) is 5.89. The Morgan fingerprint density at radius 2 is 1.71 bits per heavy atom. The first-order chi connectivity index (χ1) is 13.6. The molecule has 3 heterocycles. The van der Waals surface area contributed by atoms with Gasteiger partial charge in [-0.25, -0.2) is 8.42 Å². The standard InChI is InChI=1S/C20H28N2O5S/c23-19(21-11-6-7-16(15-21)20-26-13-14-27-20)18-10-4-5-12-22(18)28(24,25)17-8-2-1-3-9-17/h1-3,8-9,16,18,20H,4-7,10-15H2. The number of likely N-dealkylation sites (tertiary alicyclic amines) is 1. The molecule has 7 nitrogen and oxygen atoms in total. The molecule has 4 rings (SSSR count). The Labute approximate surface area is 166 Å². The number of carbonyl (C=O) groups is 1. The number of piperidine rings is 2. The molecule has 0 aliphatic carbocycles. The summed E-state index contributed by atoms with van der Waals surface area (Å²) in [6, 6.07) is 7.78. The van der Waals surface area contributed by atoms with Gasteiger partial charge in [0.2, 0.25) is 15.9 Å². The van der Waals surface area contributed by atoms with Crippen molar-refractivity contribution in [1.29, 1.82) is 0 Å². The van der Waals surface area contributed by atoms with E-state index in [1.54, 1.807) is 30.3 Å². The summed E-state index contributed by atoms with van der Waals surface area (Å²) in [4.78, 5) is 15.4. The first-order valence-corrected chi connectivity index (χ1v) is 11.6. The Bertz CT molecular complexity index is 779. The molecule has 0 spiro atoms. The van der Waals surface area contributed by atoms with Crippen LogP contribution >= 0.6 is 0 Å². The molecule has 0 bridgehead atoms. The number of hydrogen-bond donors (Lipinski definition) is 0. The van der Waals surface area contributed by atoms with Crippen molar-refractivity contribution in [3.05, 3.63) is 30.3 Å². The highest BCUT2D eigenvalue weighted by molar-refractivity contribution is 7.89. The van der Waals surface area contributed by atoms with Gasteiger partial charge in [0.15, 0.2) is 6.29 Å². The summed E-state index contributed by atoms with van der Waals surface area (Å²) >= 11 is 0. The van der Waals surface area contributed by atoms with E-state index < -0.39 is 16.1 Å². The lowest BCUT2D eigenvalue weighted by Crippen LogP contribution is -2.55. The highest BCUT2D eigenvalue weighted by Crippen LogP contribution is 2.30. The molecule has 28 heavy (non-hydrogen) atoms. The van der Waals surface area contributed by atoms with E-state index in [1.807, 2.05) is 4.90 Å². The summed E-state index contributed by atoms with van der Waals surface area (Å²) in [6.07, 6.45) is 3.82. The summed E-state index contributed by atoms with van der Waals surface area (Å²) in [6.45, 7) is 2.82. The molecule has 3 saturated heterocycles. The highest BCUT2D eigenvalue weighted by atomic mass is 32.2. The van der Waals surface area contributed by atoms with Crippen molar-refractivity contribution < 1.29 is 22.7 Å². The maximum absolute atomic E-state index is 13.3.